The Balaban J connectivity index is 1.82. The van der Waals surface area contributed by atoms with Crippen molar-refractivity contribution >= 4 is 39.8 Å². The van der Waals surface area contributed by atoms with E-state index in [9.17, 15) is 9.18 Å². The summed E-state index contributed by atoms with van der Waals surface area (Å²) in [6.07, 6.45) is 0. The van der Waals surface area contributed by atoms with Gasteiger partial charge in [-0.05, 0) is 31.2 Å². The van der Waals surface area contributed by atoms with E-state index in [2.05, 4.69) is 9.97 Å². The molecule has 3 aromatic rings. The van der Waals surface area contributed by atoms with Crippen molar-refractivity contribution in [1.82, 2.24) is 9.97 Å². The Bertz CT molecular complexity index is 874. The van der Waals surface area contributed by atoms with Crippen molar-refractivity contribution in [2.75, 3.05) is 5.75 Å². The molecule has 7 heteroatoms. The molecule has 0 aliphatic carbocycles. The summed E-state index contributed by atoms with van der Waals surface area (Å²) in [5.74, 6) is 0.523. The molecule has 23 heavy (non-hydrogen) atoms. The zero-order valence-electron chi connectivity index (χ0n) is 12.4. The first-order valence-electron chi connectivity index (χ1n) is 6.95. The van der Waals surface area contributed by atoms with Gasteiger partial charge in [0.15, 0.2) is 5.78 Å². The molecule has 2 aromatic heterocycles. The van der Waals surface area contributed by atoms with Crippen LogP contribution < -0.4 is 5.73 Å². The molecule has 0 unspecified atom stereocenters. The van der Waals surface area contributed by atoms with Crippen LogP contribution in [-0.2, 0) is 6.54 Å². The zero-order valence-corrected chi connectivity index (χ0v) is 14.0. The summed E-state index contributed by atoms with van der Waals surface area (Å²) < 4.78 is 13.3. The summed E-state index contributed by atoms with van der Waals surface area (Å²) in [5.41, 5.74) is 6.12. The first kappa shape index (κ1) is 16.0. The van der Waals surface area contributed by atoms with Gasteiger partial charge < -0.3 is 5.73 Å². The Morgan fingerprint density at radius 1 is 1.30 bits per heavy atom. The second-order valence-electron chi connectivity index (χ2n) is 4.92. The lowest BCUT2D eigenvalue weighted by molar-refractivity contribution is 0.102. The highest BCUT2D eigenvalue weighted by Crippen LogP contribution is 2.27. The number of hydrogen-bond donors (Lipinski definition) is 1. The van der Waals surface area contributed by atoms with Crippen molar-refractivity contribution in [2.24, 2.45) is 5.73 Å². The minimum Gasteiger partial charge on any atom is -0.326 e. The largest absolute Gasteiger partial charge is 0.326 e. The van der Waals surface area contributed by atoms with Crippen molar-refractivity contribution in [3.05, 3.63) is 51.7 Å². The molecule has 0 spiro atoms. The standard InChI is InChI=1S/C16H14FN3OS2/c1-9-19-13-6-10(17)2-4-12(13)16(20-9)22-8-14(21)15-5-3-11(7-18)23-15/h2-6H,7-8,18H2,1H3. The fourth-order valence-corrected chi connectivity index (χ4v) is 4.00. The highest BCUT2D eigenvalue weighted by atomic mass is 32.2. The van der Waals surface area contributed by atoms with Crippen molar-refractivity contribution in [3.8, 4) is 0 Å². The van der Waals surface area contributed by atoms with Crippen LogP contribution in [0.3, 0.4) is 0 Å². The Hall–Kier alpha value is -1.83. The number of benzene rings is 1. The van der Waals surface area contributed by atoms with Crippen molar-refractivity contribution in [1.29, 1.82) is 0 Å². The minimum absolute atomic E-state index is 0.0335. The van der Waals surface area contributed by atoms with Crippen molar-refractivity contribution in [3.63, 3.8) is 0 Å². The zero-order chi connectivity index (χ0) is 16.4. The highest BCUT2D eigenvalue weighted by Gasteiger charge is 2.13. The number of aromatic nitrogens is 2. The van der Waals surface area contributed by atoms with Crippen LogP contribution in [0.4, 0.5) is 4.39 Å². The molecule has 4 nitrogen and oxygen atoms in total. The van der Waals surface area contributed by atoms with E-state index < -0.39 is 0 Å². The van der Waals surface area contributed by atoms with E-state index in [1.165, 1.54) is 35.2 Å². The predicted octanol–water partition coefficient (Wildman–Crippen LogP) is 3.57. The number of rotatable bonds is 5. The molecule has 0 bridgehead atoms. The Morgan fingerprint density at radius 3 is 2.87 bits per heavy atom. The number of hydrogen-bond acceptors (Lipinski definition) is 6. The van der Waals surface area contributed by atoms with Gasteiger partial charge in [0.05, 0.1) is 16.1 Å². The lowest BCUT2D eigenvalue weighted by atomic mass is 10.2. The summed E-state index contributed by atoms with van der Waals surface area (Å²) in [6.45, 7) is 2.19. The highest BCUT2D eigenvalue weighted by molar-refractivity contribution is 8.00. The lowest BCUT2D eigenvalue weighted by Gasteiger charge is -2.06. The molecule has 0 aliphatic rings. The molecule has 2 heterocycles. The maximum absolute atomic E-state index is 13.3. The van der Waals surface area contributed by atoms with Crippen LogP contribution in [0.2, 0.25) is 0 Å². The number of fused-ring (bicyclic) bond motifs is 1. The molecule has 1 aromatic carbocycles. The van der Waals surface area contributed by atoms with E-state index in [1.807, 2.05) is 6.07 Å². The monoisotopic (exact) mass is 347 g/mol. The smallest absolute Gasteiger partial charge is 0.183 e. The third-order valence-electron chi connectivity index (χ3n) is 3.21. The third-order valence-corrected chi connectivity index (χ3v) is 5.35. The molecular weight excluding hydrogens is 333 g/mol. The van der Waals surface area contributed by atoms with Gasteiger partial charge in [-0.1, -0.05) is 11.8 Å². The molecule has 118 valence electrons. The lowest BCUT2D eigenvalue weighted by Crippen LogP contribution is -2.01. The number of Topliss-reactive ketones (excluding diaryl/α,β-unsaturated/α-hetero) is 1. The summed E-state index contributed by atoms with van der Waals surface area (Å²) >= 11 is 2.76. The molecule has 0 saturated carbocycles. The number of carbonyl (C=O) groups is 1. The second kappa shape index (κ2) is 6.74. The van der Waals surface area contributed by atoms with Crippen LogP contribution in [0.15, 0.2) is 35.4 Å². The summed E-state index contributed by atoms with van der Waals surface area (Å²) in [4.78, 5) is 22.6. The Labute approximate surface area is 140 Å². The maximum atomic E-state index is 13.3. The first-order valence-corrected chi connectivity index (χ1v) is 8.75. The molecule has 0 radical (unpaired) electrons. The quantitative estimate of drug-likeness (QED) is 0.434. The molecule has 0 amide bonds. The SMILES string of the molecule is Cc1nc(SCC(=O)c2ccc(CN)s2)c2ccc(F)cc2n1. The minimum atomic E-state index is -0.337. The van der Waals surface area contributed by atoms with Crippen LogP contribution in [0.1, 0.15) is 20.4 Å². The van der Waals surface area contributed by atoms with Gasteiger partial charge >= 0.3 is 0 Å². The van der Waals surface area contributed by atoms with Gasteiger partial charge in [-0.25, -0.2) is 14.4 Å². The van der Waals surface area contributed by atoms with Gasteiger partial charge in [-0.2, -0.15) is 0 Å². The number of halogens is 1. The van der Waals surface area contributed by atoms with Gasteiger partial charge in [-0.15, -0.1) is 11.3 Å². The van der Waals surface area contributed by atoms with E-state index in [0.29, 0.717) is 27.8 Å². The number of nitrogens with zero attached hydrogens (tertiary/aromatic N) is 2. The fourth-order valence-electron chi connectivity index (χ4n) is 2.14. The van der Waals surface area contributed by atoms with Gasteiger partial charge in [0, 0.05) is 22.9 Å². The van der Waals surface area contributed by atoms with E-state index in [-0.39, 0.29) is 17.4 Å². The summed E-state index contributed by atoms with van der Waals surface area (Å²) in [5, 5.41) is 1.44. The predicted molar refractivity (Wildman–Crippen MR) is 91.5 cm³/mol. The number of thioether (sulfide) groups is 1. The summed E-state index contributed by atoms with van der Waals surface area (Å²) in [6, 6.07) is 8.07. The number of aryl methyl sites for hydroxylation is 1. The van der Waals surface area contributed by atoms with Crippen molar-refractivity contribution in [2.45, 2.75) is 18.5 Å². The summed E-state index contributed by atoms with van der Waals surface area (Å²) in [7, 11) is 0. The maximum Gasteiger partial charge on any atom is 0.183 e. The Kier molecular flexibility index (Phi) is 4.70. The van der Waals surface area contributed by atoms with Gasteiger partial charge in [0.2, 0.25) is 0 Å². The van der Waals surface area contributed by atoms with Gasteiger partial charge in [0.25, 0.3) is 0 Å². The van der Waals surface area contributed by atoms with Gasteiger partial charge in [0.1, 0.15) is 16.7 Å². The molecule has 3 rings (SSSR count). The van der Waals surface area contributed by atoms with Crippen LogP contribution in [0.5, 0.6) is 0 Å². The normalized spacial score (nSPS) is 11.1. The molecule has 0 aliphatic heterocycles. The third kappa shape index (κ3) is 3.57. The molecule has 0 saturated heterocycles. The van der Waals surface area contributed by atoms with E-state index in [4.69, 9.17) is 5.73 Å². The number of ketones is 1. The van der Waals surface area contributed by atoms with Crippen LogP contribution in [0, 0.1) is 12.7 Å². The topological polar surface area (TPSA) is 68.9 Å². The number of nitrogens with two attached hydrogens (primary N) is 1. The number of thiophene rings is 1. The first-order chi connectivity index (χ1) is 11.1. The van der Waals surface area contributed by atoms with E-state index in [1.54, 1.807) is 19.1 Å². The average Bonchev–Trinajstić information content (AvgIpc) is 3.00. The fraction of sp³-hybridized carbons (Fsp3) is 0.188. The van der Waals surface area contributed by atoms with E-state index in [0.717, 1.165) is 10.3 Å². The van der Waals surface area contributed by atoms with E-state index >= 15 is 0 Å². The molecule has 2 N–H and O–H groups in total. The Morgan fingerprint density at radius 2 is 2.13 bits per heavy atom. The molecule has 0 fully saturated rings. The molecular formula is C16H14FN3OS2. The van der Waals surface area contributed by atoms with Gasteiger partial charge in [-0.3, -0.25) is 4.79 Å². The van der Waals surface area contributed by atoms with Crippen LogP contribution in [0.25, 0.3) is 10.9 Å². The van der Waals surface area contributed by atoms with Crippen LogP contribution in [-0.4, -0.2) is 21.5 Å². The van der Waals surface area contributed by atoms with Crippen LogP contribution >= 0.6 is 23.1 Å². The second-order valence-corrected chi connectivity index (χ2v) is 7.05. The van der Waals surface area contributed by atoms with Crippen molar-refractivity contribution < 1.29 is 9.18 Å². The molecule has 0 atom stereocenters. The number of carbonyl (C=O) groups excluding carboxylic acids is 1. The average molecular weight is 347 g/mol.